The van der Waals surface area contributed by atoms with Crippen molar-refractivity contribution >= 4 is 0 Å². The van der Waals surface area contributed by atoms with Gasteiger partial charge in [0.1, 0.15) is 5.75 Å². The first kappa shape index (κ1) is 9.53. The SMILES string of the molecule is Cc1cc(O)c(C2(CN)CC2)cc1C. The fourth-order valence-electron chi connectivity index (χ4n) is 1.96. The number of rotatable bonds is 2. The molecular weight excluding hydrogens is 174 g/mol. The van der Waals surface area contributed by atoms with Gasteiger partial charge in [0, 0.05) is 17.5 Å². The van der Waals surface area contributed by atoms with E-state index >= 15 is 0 Å². The average Bonchev–Trinajstić information content (AvgIpc) is 2.92. The highest BCUT2D eigenvalue weighted by Gasteiger charge is 2.44. The lowest BCUT2D eigenvalue weighted by Crippen LogP contribution is -2.20. The van der Waals surface area contributed by atoms with Crippen LogP contribution in [-0.4, -0.2) is 11.7 Å². The highest BCUT2D eigenvalue weighted by atomic mass is 16.3. The predicted octanol–water partition coefficient (Wildman–Crippen LogP) is 2.00. The van der Waals surface area contributed by atoms with Gasteiger partial charge in [-0.05, 0) is 43.9 Å². The Morgan fingerprint density at radius 1 is 1.29 bits per heavy atom. The van der Waals surface area contributed by atoms with Crippen molar-refractivity contribution in [1.29, 1.82) is 0 Å². The zero-order valence-electron chi connectivity index (χ0n) is 8.80. The van der Waals surface area contributed by atoms with Crippen LogP contribution in [-0.2, 0) is 5.41 Å². The zero-order valence-corrected chi connectivity index (χ0v) is 8.80. The molecule has 0 radical (unpaired) electrons. The summed E-state index contributed by atoms with van der Waals surface area (Å²) in [5.41, 5.74) is 9.25. The molecule has 2 rings (SSSR count). The van der Waals surface area contributed by atoms with E-state index in [2.05, 4.69) is 13.0 Å². The molecule has 1 aliphatic carbocycles. The highest BCUT2D eigenvalue weighted by Crippen LogP contribution is 2.50. The largest absolute Gasteiger partial charge is 0.508 e. The van der Waals surface area contributed by atoms with E-state index < -0.39 is 0 Å². The van der Waals surface area contributed by atoms with Crippen molar-refractivity contribution in [3.63, 3.8) is 0 Å². The fraction of sp³-hybridized carbons (Fsp3) is 0.500. The van der Waals surface area contributed by atoms with E-state index in [0.29, 0.717) is 12.3 Å². The van der Waals surface area contributed by atoms with Gasteiger partial charge in [-0.2, -0.15) is 0 Å². The molecule has 2 heteroatoms. The van der Waals surface area contributed by atoms with E-state index in [0.717, 1.165) is 24.0 Å². The predicted molar refractivity (Wildman–Crippen MR) is 57.5 cm³/mol. The van der Waals surface area contributed by atoms with Gasteiger partial charge in [0.05, 0.1) is 0 Å². The van der Waals surface area contributed by atoms with Crippen LogP contribution in [0.2, 0.25) is 0 Å². The molecule has 14 heavy (non-hydrogen) atoms. The Kier molecular flexibility index (Phi) is 2.04. The van der Waals surface area contributed by atoms with Crippen molar-refractivity contribution in [3.05, 3.63) is 28.8 Å². The summed E-state index contributed by atoms with van der Waals surface area (Å²) in [7, 11) is 0. The van der Waals surface area contributed by atoms with Crippen LogP contribution in [0.5, 0.6) is 5.75 Å². The Labute approximate surface area is 84.7 Å². The molecule has 0 spiro atoms. The topological polar surface area (TPSA) is 46.2 Å². The molecule has 0 aliphatic heterocycles. The second-order valence-corrected chi connectivity index (χ2v) is 4.44. The lowest BCUT2D eigenvalue weighted by molar-refractivity contribution is 0.458. The molecule has 1 aliphatic rings. The molecule has 0 aromatic heterocycles. The number of nitrogens with two attached hydrogens (primary N) is 1. The summed E-state index contributed by atoms with van der Waals surface area (Å²) >= 11 is 0. The Balaban J connectivity index is 2.49. The van der Waals surface area contributed by atoms with Crippen LogP contribution in [0.25, 0.3) is 0 Å². The first-order chi connectivity index (χ1) is 6.59. The molecule has 0 saturated heterocycles. The molecular formula is C12H17NO. The minimum Gasteiger partial charge on any atom is -0.508 e. The van der Waals surface area contributed by atoms with Crippen molar-refractivity contribution in [2.75, 3.05) is 6.54 Å². The van der Waals surface area contributed by atoms with Gasteiger partial charge in [0.25, 0.3) is 0 Å². The van der Waals surface area contributed by atoms with Gasteiger partial charge >= 0.3 is 0 Å². The Morgan fingerprint density at radius 2 is 1.86 bits per heavy atom. The van der Waals surface area contributed by atoms with E-state index in [1.54, 1.807) is 0 Å². The van der Waals surface area contributed by atoms with Crippen molar-refractivity contribution in [3.8, 4) is 5.75 Å². The summed E-state index contributed by atoms with van der Waals surface area (Å²) in [5.74, 6) is 0.413. The number of aryl methyl sites for hydroxylation is 2. The molecule has 0 unspecified atom stereocenters. The average molecular weight is 191 g/mol. The molecule has 76 valence electrons. The summed E-state index contributed by atoms with van der Waals surface area (Å²) in [6.45, 7) is 4.73. The van der Waals surface area contributed by atoms with Crippen LogP contribution in [0.1, 0.15) is 29.5 Å². The molecule has 2 nitrogen and oxygen atoms in total. The van der Waals surface area contributed by atoms with Crippen LogP contribution >= 0.6 is 0 Å². The molecule has 1 saturated carbocycles. The number of phenols is 1. The third kappa shape index (κ3) is 1.30. The highest BCUT2D eigenvalue weighted by molar-refractivity contribution is 5.47. The zero-order chi connectivity index (χ0) is 10.3. The summed E-state index contributed by atoms with van der Waals surface area (Å²) in [5, 5.41) is 9.87. The summed E-state index contributed by atoms with van der Waals surface area (Å²) in [6.07, 6.45) is 2.22. The second kappa shape index (κ2) is 2.99. The van der Waals surface area contributed by atoms with Crippen molar-refractivity contribution in [1.82, 2.24) is 0 Å². The standard InChI is InChI=1S/C12H17NO/c1-8-5-10(11(14)6-9(8)2)12(7-13)3-4-12/h5-6,14H,3-4,7,13H2,1-2H3. The van der Waals surface area contributed by atoms with Gasteiger partial charge < -0.3 is 10.8 Å². The lowest BCUT2D eigenvalue weighted by atomic mass is 9.92. The van der Waals surface area contributed by atoms with Crippen molar-refractivity contribution in [2.24, 2.45) is 5.73 Å². The van der Waals surface area contributed by atoms with E-state index in [1.807, 2.05) is 13.0 Å². The monoisotopic (exact) mass is 191 g/mol. The number of benzene rings is 1. The van der Waals surface area contributed by atoms with Crippen LogP contribution in [0.4, 0.5) is 0 Å². The van der Waals surface area contributed by atoms with Gasteiger partial charge in [0.2, 0.25) is 0 Å². The van der Waals surface area contributed by atoms with Crippen LogP contribution < -0.4 is 5.73 Å². The van der Waals surface area contributed by atoms with Gasteiger partial charge in [0.15, 0.2) is 0 Å². The molecule has 1 fully saturated rings. The number of aromatic hydroxyl groups is 1. The minimum atomic E-state index is 0.0859. The summed E-state index contributed by atoms with van der Waals surface area (Å²) in [4.78, 5) is 0. The second-order valence-electron chi connectivity index (χ2n) is 4.44. The van der Waals surface area contributed by atoms with Crippen molar-refractivity contribution < 1.29 is 5.11 Å². The fourth-order valence-corrected chi connectivity index (χ4v) is 1.96. The van der Waals surface area contributed by atoms with E-state index in [1.165, 1.54) is 5.56 Å². The molecule has 0 heterocycles. The third-order valence-corrected chi connectivity index (χ3v) is 3.43. The lowest BCUT2D eigenvalue weighted by Gasteiger charge is -2.16. The molecule has 0 bridgehead atoms. The Morgan fingerprint density at radius 3 is 2.36 bits per heavy atom. The maximum absolute atomic E-state index is 9.87. The minimum absolute atomic E-state index is 0.0859. The molecule has 1 aromatic rings. The quantitative estimate of drug-likeness (QED) is 0.751. The maximum Gasteiger partial charge on any atom is 0.119 e. The third-order valence-electron chi connectivity index (χ3n) is 3.43. The molecule has 0 atom stereocenters. The summed E-state index contributed by atoms with van der Waals surface area (Å²) < 4.78 is 0. The van der Waals surface area contributed by atoms with Crippen molar-refractivity contribution in [2.45, 2.75) is 32.1 Å². The molecule has 3 N–H and O–H groups in total. The van der Waals surface area contributed by atoms with E-state index in [-0.39, 0.29) is 5.41 Å². The first-order valence-electron chi connectivity index (χ1n) is 5.10. The molecule has 1 aromatic carbocycles. The number of hydrogen-bond acceptors (Lipinski definition) is 2. The van der Waals surface area contributed by atoms with E-state index in [4.69, 9.17) is 5.73 Å². The van der Waals surface area contributed by atoms with Gasteiger partial charge in [-0.3, -0.25) is 0 Å². The van der Waals surface area contributed by atoms with Crippen LogP contribution in [0.15, 0.2) is 12.1 Å². The van der Waals surface area contributed by atoms with Crippen LogP contribution in [0.3, 0.4) is 0 Å². The van der Waals surface area contributed by atoms with Crippen LogP contribution in [0, 0.1) is 13.8 Å². The van der Waals surface area contributed by atoms with Gasteiger partial charge in [-0.25, -0.2) is 0 Å². The van der Waals surface area contributed by atoms with Gasteiger partial charge in [-0.15, -0.1) is 0 Å². The number of hydrogen-bond donors (Lipinski definition) is 2. The number of phenolic OH excluding ortho intramolecular Hbond substituents is 1. The van der Waals surface area contributed by atoms with E-state index in [9.17, 15) is 5.11 Å². The smallest absolute Gasteiger partial charge is 0.119 e. The Bertz CT molecular complexity index is 367. The molecule has 0 amide bonds. The van der Waals surface area contributed by atoms with Gasteiger partial charge in [-0.1, -0.05) is 6.07 Å². The Hall–Kier alpha value is -1.02. The first-order valence-corrected chi connectivity index (χ1v) is 5.10. The maximum atomic E-state index is 9.87. The normalized spacial score (nSPS) is 18.2. The summed E-state index contributed by atoms with van der Waals surface area (Å²) in [6, 6.07) is 3.94.